The maximum Gasteiger partial charge on any atom is 0.251 e. The summed E-state index contributed by atoms with van der Waals surface area (Å²) >= 11 is 0. The Hall–Kier alpha value is -3.02. The second kappa shape index (κ2) is 11.0. The minimum Gasteiger partial charge on any atom is -0.494 e. The zero-order chi connectivity index (χ0) is 20.4. The summed E-state index contributed by atoms with van der Waals surface area (Å²) in [6.45, 7) is 7.57. The van der Waals surface area contributed by atoms with E-state index >= 15 is 0 Å². The molecule has 2 amide bonds. The molecule has 0 radical (unpaired) electrons. The van der Waals surface area contributed by atoms with Crippen molar-refractivity contribution in [3.8, 4) is 5.75 Å². The molecule has 0 unspecified atom stereocenters. The number of carbonyl (C=O) groups excluding carboxylic acids is 2. The van der Waals surface area contributed by atoms with Crippen molar-refractivity contribution >= 4 is 23.2 Å². The topological polar surface area (TPSA) is 79.5 Å². The molecular weight excluding hydrogens is 354 g/mol. The third kappa shape index (κ3) is 7.31. The first-order valence-electron chi connectivity index (χ1n) is 9.62. The molecule has 0 saturated carbocycles. The van der Waals surface area contributed by atoms with Gasteiger partial charge in [-0.3, -0.25) is 9.59 Å². The van der Waals surface area contributed by atoms with Gasteiger partial charge in [-0.05, 0) is 55.7 Å². The van der Waals surface area contributed by atoms with Gasteiger partial charge in [0.05, 0.1) is 13.2 Å². The first-order valence-corrected chi connectivity index (χ1v) is 9.62. The third-order valence-corrected chi connectivity index (χ3v) is 4.02. The average Bonchev–Trinajstić information content (AvgIpc) is 2.67. The fraction of sp³-hybridized carbons (Fsp3) is 0.364. The van der Waals surface area contributed by atoms with Crippen LogP contribution in [0.2, 0.25) is 0 Å². The molecule has 2 rings (SSSR count). The molecule has 150 valence electrons. The lowest BCUT2D eigenvalue weighted by atomic mass is 10.1. The minimum absolute atomic E-state index is 0.127. The first kappa shape index (κ1) is 21.3. The van der Waals surface area contributed by atoms with Crippen molar-refractivity contribution in [3.05, 3.63) is 54.1 Å². The Bertz CT molecular complexity index is 773. The van der Waals surface area contributed by atoms with Crippen molar-refractivity contribution in [3.63, 3.8) is 0 Å². The largest absolute Gasteiger partial charge is 0.494 e. The fourth-order valence-corrected chi connectivity index (χ4v) is 2.46. The van der Waals surface area contributed by atoms with E-state index in [0.717, 1.165) is 17.9 Å². The van der Waals surface area contributed by atoms with Gasteiger partial charge < -0.3 is 20.7 Å². The Balaban J connectivity index is 1.81. The highest BCUT2D eigenvalue weighted by molar-refractivity contribution is 5.96. The molecular formula is C22H29N3O3. The van der Waals surface area contributed by atoms with Gasteiger partial charge in [0.15, 0.2) is 0 Å². The lowest BCUT2D eigenvalue weighted by molar-refractivity contribution is -0.114. The molecule has 2 aromatic carbocycles. The second-order valence-electron chi connectivity index (χ2n) is 6.90. The number of amides is 2. The molecule has 0 spiro atoms. The van der Waals surface area contributed by atoms with Gasteiger partial charge in [0.1, 0.15) is 5.75 Å². The lowest BCUT2D eigenvalue weighted by Crippen LogP contribution is -2.23. The molecule has 0 bridgehead atoms. The first-order chi connectivity index (χ1) is 13.5. The van der Waals surface area contributed by atoms with Crippen LogP contribution in [0.1, 0.15) is 37.6 Å². The summed E-state index contributed by atoms with van der Waals surface area (Å²) < 4.78 is 5.73. The second-order valence-corrected chi connectivity index (χ2v) is 6.90. The van der Waals surface area contributed by atoms with E-state index in [-0.39, 0.29) is 18.4 Å². The standard InChI is InChI=1S/C22H29N3O3/c1-4-23-22(27)17-8-10-18(11-9-17)25-21(26)15-24-19-6-5-7-20(14-19)28-13-12-16(2)3/h5-11,14,16,24H,4,12-13,15H2,1-3H3,(H,23,27)(H,25,26). The summed E-state index contributed by atoms with van der Waals surface area (Å²) in [4.78, 5) is 23.9. The molecule has 0 heterocycles. The van der Waals surface area contributed by atoms with Gasteiger partial charge in [-0.25, -0.2) is 0 Å². The fourth-order valence-electron chi connectivity index (χ4n) is 2.46. The van der Waals surface area contributed by atoms with Crippen LogP contribution in [0, 0.1) is 5.92 Å². The summed E-state index contributed by atoms with van der Waals surface area (Å²) in [5.74, 6) is 1.08. The molecule has 28 heavy (non-hydrogen) atoms. The van der Waals surface area contributed by atoms with Crippen LogP contribution in [-0.2, 0) is 4.79 Å². The number of hydrogen-bond donors (Lipinski definition) is 3. The van der Waals surface area contributed by atoms with E-state index in [0.29, 0.717) is 30.3 Å². The van der Waals surface area contributed by atoms with Crippen molar-refractivity contribution in [1.82, 2.24) is 5.32 Å². The number of carbonyl (C=O) groups is 2. The van der Waals surface area contributed by atoms with Crippen LogP contribution in [0.3, 0.4) is 0 Å². The predicted molar refractivity (Wildman–Crippen MR) is 113 cm³/mol. The van der Waals surface area contributed by atoms with Crippen LogP contribution in [0.5, 0.6) is 5.75 Å². The average molecular weight is 383 g/mol. The summed E-state index contributed by atoms with van der Waals surface area (Å²) in [6, 6.07) is 14.4. The van der Waals surface area contributed by atoms with Crippen molar-refractivity contribution in [2.45, 2.75) is 27.2 Å². The van der Waals surface area contributed by atoms with E-state index in [1.807, 2.05) is 31.2 Å². The van der Waals surface area contributed by atoms with Crippen LogP contribution in [0.25, 0.3) is 0 Å². The number of benzene rings is 2. The van der Waals surface area contributed by atoms with Gasteiger partial charge >= 0.3 is 0 Å². The smallest absolute Gasteiger partial charge is 0.251 e. The highest BCUT2D eigenvalue weighted by Gasteiger charge is 2.06. The Kier molecular flexibility index (Phi) is 8.34. The summed E-state index contributed by atoms with van der Waals surface area (Å²) in [5.41, 5.74) is 2.03. The Labute approximate surface area is 166 Å². The minimum atomic E-state index is -0.170. The van der Waals surface area contributed by atoms with Crippen molar-refractivity contribution in [1.29, 1.82) is 0 Å². The van der Waals surface area contributed by atoms with E-state index in [9.17, 15) is 9.59 Å². The number of hydrogen-bond acceptors (Lipinski definition) is 4. The van der Waals surface area contributed by atoms with Gasteiger partial charge in [0.25, 0.3) is 5.91 Å². The van der Waals surface area contributed by atoms with E-state index in [2.05, 4.69) is 29.8 Å². The Morgan fingerprint density at radius 1 is 1.04 bits per heavy atom. The number of anilines is 2. The van der Waals surface area contributed by atoms with E-state index in [1.54, 1.807) is 24.3 Å². The van der Waals surface area contributed by atoms with E-state index in [1.165, 1.54) is 0 Å². The van der Waals surface area contributed by atoms with Crippen LogP contribution >= 0.6 is 0 Å². The predicted octanol–water partition coefficient (Wildman–Crippen LogP) is 3.91. The van der Waals surface area contributed by atoms with Gasteiger partial charge in [-0.1, -0.05) is 19.9 Å². The number of ether oxygens (including phenoxy) is 1. The Morgan fingerprint density at radius 3 is 2.46 bits per heavy atom. The number of rotatable bonds is 10. The van der Waals surface area contributed by atoms with Crippen LogP contribution in [-0.4, -0.2) is 31.5 Å². The maximum absolute atomic E-state index is 12.2. The molecule has 3 N–H and O–H groups in total. The van der Waals surface area contributed by atoms with Crippen LogP contribution in [0.4, 0.5) is 11.4 Å². The van der Waals surface area contributed by atoms with Crippen LogP contribution in [0.15, 0.2) is 48.5 Å². The summed E-state index contributed by atoms with van der Waals surface area (Å²) in [6.07, 6.45) is 0.999. The highest BCUT2D eigenvalue weighted by Crippen LogP contribution is 2.18. The molecule has 0 aliphatic carbocycles. The SMILES string of the molecule is CCNC(=O)c1ccc(NC(=O)CNc2cccc(OCCC(C)C)c2)cc1. The Morgan fingerprint density at radius 2 is 1.79 bits per heavy atom. The molecule has 0 fully saturated rings. The quantitative estimate of drug-likeness (QED) is 0.581. The molecule has 6 heteroatoms. The van der Waals surface area contributed by atoms with Crippen molar-refractivity contribution in [2.75, 3.05) is 30.3 Å². The molecule has 0 aliphatic heterocycles. The maximum atomic E-state index is 12.2. The zero-order valence-corrected chi connectivity index (χ0v) is 16.7. The lowest BCUT2D eigenvalue weighted by Gasteiger charge is -2.11. The van der Waals surface area contributed by atoms with E-state index in [4.69, 9.17) is 4.74 Å². The van der Waals surface area contributed by atoms with Gasteiger partial charge in [-0.15, -0.1) is 0 Å². The molecule has 2 aromatic rings. The van der Waals surface area contributed by atoms with Gasteiger partial charge in [-0.2, -0.15) is 0 Å². The molecule has 0 saturated heterocycles. The summed E-state index contributed by atoms with van der Waals surface area (Å²) in [7, 11) is 0. The van der Waals surface area contributed by atoms with Crippen LogP contribution < -0.4 is 20.7 Å². The molecule has 0 aromatic heterocycles. The van der Waals surface area contributed by atoms with Crippen molar-refractivity contribution in [2.24, 2.45) is 5.92 Å². The van der Waals surface area contributed by atoms with Gasteiger partial charge in [0.2, 0.25) is 5.91 Å². The normalized spacial score (nSPS) is 10.4. The monoisotopic (exact) mass is 383 g/mol. The molecule has 0 atom stereocenters. The number of nitrogens with one attached hydrogen (secondary N) is 3. The third-order valence-electron chi connectivity index (χ3n) is 4.02. The molecule has 6 nitrogen and oxygen atoms in total. The van der Waals surface area contributed by atoms with Crippen molar-refractivity contribution < 1.29 is 14.3 Å². The highest BCUT2D eigenvalue weighted by atomic mass is 16.5. The van der Waals surface area contributed by atoms with Gasteiger partial charge in [0, 0.05) is 29.5 Å². The molecule has 0 aliphatic rings. The zero-order valence-electron chi connectivity index (χ0n) is 16.7. The summed E-state index contributed by atoms with van der Waals surface area (Å²) in [5, 5.41) is 8.64. The van der Waals surface area contributed by atoms with E-state index < -0.39 is 0 Å².